The highest BCUT2D eigenvalue weighted by Gasteiger charge is 2.17. The van der Waals surface area contributed by atoms with Crippen LogP contribution in [-0.4, -0.2) is 19.7 Å². The summed E-state index contributed by atoms with van der Waals surface area (Å²) in [7, 11) is 0. The molecule has 0 aliphatic carbocycles. The van der Waals surface area contributed by atoms with Crippen molar-refractivity contribution in [2.75, 3.05) is 6.61 Å². The van der Waals surface area contributed by atoms with E-state index in [1.165, 1.54) is 18.2 Å². The van der Waals surface area contributed by atoms with E-state index in [1.54, 1.807) is 0 Å². The molecule has 1 unspecified atom stereocenters. The van der Waals surface area contributed by atoms with Gasteiger partial charge >= 0.3 is 6.61 Å². The molecule has 0 aliphatic rings. The van der Waals surface area contributed by atoms with Crippen molar-refractivity contribution < 1.29 is 23.0 Å². The highest BCUT2D eigenvalue weighted by Crippen LogP contribution is 2.29. The van der Waals surface area contributed by atoms with Crippen LogP contribution in [0.2, 0.25) is 5.02 Å². The fraction of sp³-hybridized carbons (Fsp3) is 0.273. The summed E-state index contributed by atoms with van der Waals surface area (Å²) in [6.45, 7) is -2.99. The zero-order valence-electron chi connectivity index (χ0n) is 8.98. The first-order chi connectivity index (χ1) is 8.58. The third-order valence-electron chi connectivity index (χ3n) is 2.05. The van der Waals surface area contributed by atoms with Crippen molar-refractivity contribution in [1.29, 1.82) is 5.26 Å². The molecule has 0 fully saturated rings. The number of carbonyl (C=O) groups is 1. The third-order valence-corrected chi connectivity index (χ3v) is 2.40. The van der Waals surface area contributed by atoms with E-state index in [0.29, 0.717) is 0 Å². The molecule has 0 aromatic heterocycles. The van der Waals surface area contributed by atoms with Gasteiger partial charge in [0.25, 0.3) is 6.47 Å². The maximum absolute atomic E-state index is 12.0. The molecule has 0 radical (unpaired) electrons. The Morgan fingerprint density at radius 3 is 2.78 bits per heavy atom. The molecule has 0 saturated heterocycles. The van der Waals surface area contributed by atoms with E-state index >= 15 is 0 Å². The Hall–Kier alpha value is -1.87. The van der Waals surface area contributed by atoms with Crippen molar-refractivity contribution in [1.82, 2.24) is 0 Å². The molecule has 1 atom stereocenters. The average Bonchev–Trinajstić information content (AvgIpc) is 2.33. The van der Waals surface area contributed by atoms with Gasteiger partial charge < -0.3 is 9.47 Å². The molecule has 0 N–H and O–H groups in total. The molecular weight excluding hydrogens is 268 g/mol. The molecular formula is C11H8ClF2NO3. The minimum absolute atomic E-state index is 0.115. The zero-order chi connectivity index (χ0) is 13.5. The Kier molecular flexibility index (Phi) is 5.33. The van der Waals surface area contributed by atoms with Gasteiger partial charge in [-0.3, -0.25) is 4.79 Å². The second-order valence-electron chi connectivity index (χ2n) is 3.17. The first-order valence-electron chi connectivity index (χ1n) is 4.77. The van der Waals surface area contributed by atoms with Gasteiger partial charge in [-0.05, 0) is 23.8 Å². The van der Waals surface area contributed by atoms with E-state index in [0.717, 1.165) is 0 Å². The van der Waals surface area contributed by atoms with Crippen molar-refractivity contribution >= 4 is 18.1 Å². The Bertz CT molecular complexity index is 462. The topological polar surface area (TPSA) is 59.3 Å². The van der Waals surface area contributed by atoms with Crippen LogP contribution in [0.5, 0.6) is 5.75 Å². The maximum atomic E-state index is 12.0. The van der Waals surface area contributed by atoms with Crippen molar-refractivity contribution in [3.8, 4) is 11.8 Å². The van der Waals surface area contributed by atoms with Gasteiger partial charge in [-0.2, -0.15) is 14.0 Å². The van der Waals surface area contributed by atoms with Gasteiger partial charge in [-0.15, -0.1) is 0 Å². The molecule has 0 amide bonds. The Morgan fingerprint density at radius 2 is 2.22 bits per heavy atom. The number of benzene rings is 1. The number of halogens is 3. The van der Waals surface area contributed by atoms with Gasteiger partial charge in [0, 0.05) is 5.02 Å². The summed E-state index contributed by atoms with van der Waals surface area (Å²) in [5.74, 6) is -0.959. The van der Waals surface area contributed by atoms with E-state index in [9.17, 15) is 13.6 Å². The summed E-state index contributed by atoms with van der Waals surface area (Å²) < 4.78 is 32.8. The quantitative estimate of drug-likeness (QED) is 0.749. The van der Waals surface area contributed by atoms with E-state index in [4.69, 9.17) is 16.9 Å². The van der Waals surface area contributed by atoms with E-state index in [2.05, 4.69) is 9.47 Å². The van der Waals surface area contributed by atoms with Crippen LogP contribution in [-0.2, 0) is 9.53 Å². The summed E-state index contributed by atoms with van der Waals surface area (Å²) in [5.41, 5.74) is 0.263. The normalized spacial score (nSPS) is 11.7. The van der Waals surface area contributed by atoms with Crippen molar-refractivity contribution in [3.05, 3.63) is 28.8 Å². The maximum Gasteiger partial charge on any atom is 0.387 e. The highest BCUT2D eigenvalue weighted by molar-refractivity contribution is 6.31. The molecule has 0 aliphatic heterocycles. The predicted molar refractivity (Wildman–Crippen MR) is 58.5 cm³/mol. The van der Waals surface area contributed by atoms with E-state index in [1.807, 2.05) is 6.07 Å². The Labute approximate surface area is 107 Å². The van der Waals surface area contributed by atoms with Crippen molar-refractivity contribution in [3.63, 3.8) is 0 Å². The Balaban J connectivity index is 2.97. The molecule has 0 spiro atoms. The molecule has 0 heterocycles. The second-order valence-corrected chi connectivity index (χ2v) is 3.58. The number of alkyl halides is 2. The largest absolute Gasteiger partial charge is 0.466 e. The third kappa shape index (κ3) is 3.86. The van der Waals surface area contributed by atoms with Crippen LogP contribution < -0.4 is 4.74 Å². The smallest absolute Gasteiger partial charge is 0.387 e. The molecule has 18 heavy (non-hydrogen) atoms. The van der Waals surface area contributed by atoms with Crippen molar-refractivity contribution in [2.45, 2.75) is 12.5 Å². The minimum atomic E-state index is -2.97. The fourth-order valence-electron chi connectivity index (χ4n) is 1.30. The number of nitriles is 1. The number of rotatable bonds is 6. The average molecular weight is 276 g/mol. The Morgan fingerprint density at radius 1 is 1.50 bits per heavy atom. The zero-order valence-corrected chi connectivity index (χ0v) is 9.73. The van der Waals surface area contributed by atoms with Crippen LogP contribution in [0.15, 0.2) is 18.2 Å². The lowest BCUT2D eigenvalue weighted by Crippen LogP contribution is -2.07. The molecule has 1 aromatic rings. The van der Waals surface area contributed by atoms with Gasteiger partial charge in [0.1, 0.15) is 18.3 Å². The molecule has 1 aromatic carbocycles. The number of ether oxygens (including phenoxy) is 2. The number of nitrogens with zero attached hydrogens (tertiary/aromatic N) is 1. The van der Waals surface area contributed by atoms with Crippen LogP contribution in [0, 0.1) is 11.3 Å². The van der Waals surface area contributed by atoms with Crippen molar-refractivity contribution in [2.24, 2.45) is 0 Å². The SMILES string of the molecule is N#CC(COC=O)c1cc(OC(F)F)ccc1Cl. The lowest BCUT2D eigenvalue weighted by molar-refractivity contribution is -0.128. The van der Waals surface area contributed by atoms with E-state index in [-0.39, 0.29) is 29.4 Å². The summed E-state index contributed by atoms with van der Waals surface area (Å²) in [4.78, 5) is 10.1. The van der Waals surface area contributed by atoms with Gasteiger partial charge in [0.15, 0.2) is 0 Å². The lowest BCUT2D eigenvalue weighted by atomic mass is 10.0. The van der Waals surface area contributed by atoms with Crippen LogP contribution >= 0.6 is 11.6 Å². The monoisotopic (exact) mass is 275 g/mol. The van der Waals surface area contributed by atoms with E-state index < -0.39 is 12.5 Å². The summed E-state index contributed by atoms with van der Waals surface area (Å²) in [6.07, 6.45) is 0. The standard InChI is InChI=1S/C11H8ClF2NO3/c12-10-2-1-8(18-11(13)14)3-9(10)7(4-15)5-17-6-16/h1-3,6-7,11H,5H2. The van der Waals surface area contributed by atoms with Gasteiger partial charge in [-0.25, -0.2) is 0 Å². The summed E-state index contributed by atoms with van der Waals surface area (Å²) in [6, 6.07) is 5.67. The van der Waals surface area contributed by atoms with Gasteiger partial charge in [0.05, 0.1) is 6.07 Å². The second kappa shape index (κ2) is 6.77. The molecule has 96 valence electrons. The molecule has 7 heteroatoms. The van der Waals surface area contributed by atoms with Crippen LogP contribution in [0.4, 0.5) is 8.78 Å². The number of hydrogen-bond donors (Lipinski definition) is 0. The lowest BCUT2D eigenvalue weighted by Gasteiger charge is -2.12. The minimum Gasteiger partial charge on any atom is -0.466 e. The first-order valence-corrected chi connectivity index (χ1v) is 5.15. The molecule has 1 rings (SSSR count). The number of hydrogen-bond acceptors (Lipinski definition) is 4. The van der Waals surface area contributed by atoms with Crippen LogP contribution in [0.1, 0.15) is 11.5 Å². The van der Waals surface area contributed by atoms with Gasteiger partial charge in [-0.1, -0.05) is 11.6 Å². The highest BCUT2D eigenvalue weighted by atomic mass is 35.5. The van der Waals surface area contributed by atoms with Gasteiger partial charge in [0.2, 0.25) is 0 Å². The summed E-state index contributed by atoms with van der Waals surface area (Å²) >= 11 is 5.85. The van der Waals surface area contributed by atoms with Crippen LogP contribution in [0.3, 0.4) is 0 Å². The molecule has 0 saturated carbocycles. The number of carbonyl (C=O) groups excluding carboxylic acids is 1. The summed E-state index contributed by atoms with van der Waals surface area (Å²) in [5, 5.41) is 9.12. The first kappa shape index (κ1) is 14.2. The fourth-order valence-corrected chi connectivity index (χ4v) is 1.55. The predicted octanol–water partition coefficient (Wildman–Crippen LogP) is 2.72. The molecule has 0 bridgehead atoms. The van der Waals surface area contributed by atoms with Crippen LogP contribution in [0.25, 0.3) is 0 Å². The molecule has 4 nitrogen and oxygen atoms in total.